The number of nitrogens with two attached hydrogens (primary N) is 1. The molecule has 3 saturated carbocycles. The Kier molecular flexibility index (Phi) is 19.9. The van der Waals surface area contributed by atoms with E-state index >= 15 is 0 Å². The van der Waals surface area contributed by atoms with Crippen LogP contribution in [0.1, 0.15) is 223 Å². The molecule has 9 fully saturated rings. The summed E-state index contributed by atoms with van der Waals surface area (Å²) in [5.74, 6) is 2.79. The monoisotopic (exact) mass is 1240 g/mol. The van der Waals surface area contributed by atoms with Crippen molar-refractivity contribution in [1.29, 1.82) is 0 Å². The molecule has 9 heterocycles. The van der Waals surface area contributed by atoms with Gasteiger partial charge in [-0.15, -0.1) is 34.9 Å². The lowest BCUT2D eigenvalue weighted by molar-refractivity contribution is -0.929. The highest BCUT2D eigenvalue weighted by molar-refractivity contribution is 7.81. The van der Waals surface area contributed by atoms with Gasteiger partial charge in [0.05, 0.1) is 44.3 Å². The number of hydrogen-bond acceptors (Lipinski definition) is 21. The number of fused-ring (bicyclic) bond motifs is 6. The summed E-state index contributed by atoms with van der Waals surface area (Å²) < 4.78 is 90.1. The molecule has 3 aliphatic carbocycles. The molecule has 6 atom stereocenters. The molecule has 6 amide bonds. The van der Waals surface area contributed by atoms with Crippen LogP contribution in [0.2, 0.25) is 0 Å². The fraction of sp³-hybridized carbons (Fsp3) is 0.833. The molecule has 9 aliphatic rings. The van der Waals surface area contributed by atoms with Gasteiger partial charge in [-0.05, 0) is 114 Å². The highest BCUT2D eigenvalue weighted by Crippen LogP contribution is 2.49. The Balaban J connectivity index is 0.000000137. The van der Waals surface area contributed by atoms with Gasteiger partial charge in [0, 0.05) is 44.4 Å². The van der Waals surface area contributed by atoms with Crippen LogP contribution in [0.25, 0.3) is 0 Å². The van der Waals surface area contributed by atoms with Crippen LogP contribution in [0, 0.1) is 10.8 Å². The number of carbonyl (C=O) groups is 3. The van der Waals surface area contributed by atoms with Gasteiger partial charge in [0.1, 0.15) is 18.1 Å². The van der Waals surface area contributed by atoms with Gasteiger partial charge in [-0.1, -0.05) is 67.2 Å². The predicted molar refractivity (Wildman–Crippen MR) is 299 cm³/mol. The van der Waals surface area contributed by atoms with Gasteiger partial charge in [-0.2, -0.15) is 22.8 Å². The molecule has 4 N–H and O–H groups in total. The average molecular weight is 1240 g/mol. The van der Waals surface area contributed by atoms with Crippen LogP contribution in [-0.4, -0.2) is 184 Å². The van der Waals surface area contributed by atoms with Crippen LogP contribution in [0.4, 0.5) is 14.4 Å². The van der Waals surface area contributed by atoms with E-state index in [0.717, 1.165) is 50.0 Å². The van der Waals surface area contributed by atoms with E-state index in [1.807, 2.05) is 0 Å². The maximum atomic E-state index is 12.3. The van der Waals surface area contributed by atoms with Crippen molar-refractivity contribution in [2.24, 2.45) is 16.6 Å². The first-order chi connectivity index (χ1) is 40.3. The molecule has 3 aromatic heterocycles. The number of rotatable bonds is 25. The average Bonchev–Trinajstić information content (AvgIpc) is 3.46. The highest BCUT2D eigenvalue weighted by atomic mass is 32.3. The molecule has 476 valence electrons. The van der Waals surface area contributed by atoms with Crippen LogP contribution in [0.3, 0.4) is 0 Å². The van der Waals surface area contributed by atoms with E-state index in [0.29, 0.717) is 96.0 Å². The van der Waals surface area contributed by atoms with E-state index in [4.69, 9.17) is 23.5 Å². The first-order valence-corrected chi connectivity index (χ1v) is 33.4. The minimum absolute atomic E-state index is 0.0912. The van der Waals surface area contributed by atoms with Crippen molar-refractivity contribution < 1.29 is 71.8 Å². The molecular weight excluding hydrogens is 1150 g/mol. The third-order valence-electron chi connectivity index (χ3n) is 18.3. The summed E-state index contributed by atoms with van der Waals surface area (Å²) in [6, 6.07) is -3.75. The van der Waals surface area contributed by atoms with Crippen molar-refractivity contribution >= 4 is 38.9 Å². The second-order valence-electron chi connectivity index (χ2n) is 25.8. The predicted octanol–water partition coefficient (Wildman–Crippen LogP) is 7.27. The van der Waals surface area contributed by atoms with E-state index in [2.05, 4.69) is 80.7 Å². The van der Waals surface area contributed by atoms with Crippen molar-refractivity contribution in [2.75, 3.05) is 45.8 Å². The number of nitrogens with zero attached hydrogens (tertiary/aromatic N) is 13. The minimum Gasteiger partial charge on any atom is -0.724 e. The third kappa shape index (κ3) is 16.3. The van der Waals surface area contributed by atoms with E-state index < -0.39 is 57.0 Å². The summed E-state index contributed by atoms with van der Waals surface area (Å²) in [6.45, 7) is 20.5. The number of carbonyl (C=O) groups excluding carboxylic acids is 3. The van der Waals surface area contributed by atoms with E-state index in [1.165, 1.54) is 105 Å². The lowest BCUT2D eigenvalue weighted by Gasteiger charge is -2.39. The smallest absolute Gasteiger partial charge is 0.418 e. The van der Waals surface area contributed by atoms with Crippen LogP contribution in [0.15, 0.2) is 13.3 Å². The number of aromatic nitrogens is 6. The van der Waals surface area contributed by atoms with Crippen LogP contribution < -0.4 is 5.73 Å². The maximum Gasteiger partial charge on any atom is 0.418 e. The second kappa shape index (κ2) is 26.3. The van der Waals surface area contributed by atoms with Crippen molar-refractivity contribution in [3.05, 3.63) is 35.3 Å². The highest BCUT2D eigenvalue weighted by Gasteiger charge is 2.52. The Labute approximate surface area is 498 Å². The molecule has 0 radical (unpaired) electrons. The molecule has 12 rings (SSSR count). The van der Waals surface area contributed by atoms with Crippen molar-refractivity contribution in [3.63, 3.8) is 0 Å². The van der Waals surface area contributed by atoms with E-state index in [9.17, 15) is 41.0 Å². The zero-order chi connectivity index (χ0) is 61.1. The molecule has 0 unspecified atom stereocenters. The fourth-order valence-electron chi connectivity index (χ4n) is 12.3. The summed E-state index contributed by atoms with van der Waals surface area (Å²) >= 11 is 0. The Hall–Kier alpha value is -5.15. The Bertz CT molecular complexity index is 2840. The summed E-state index contributed by atoms with van der Waals surface area (Å²) in [5, 5.41) is 36.2. The zero-order valence-electron chi connectivity index (χ0n) is 50.1. The van der Waals surface area contributed by atoms with Gasteiger partial charge >= 0.3 is 28.5 Å². The number of quaternary nitrogens is 1. The van der Waals surface area contributed by atoms with Crippen LogP contribution >= 0.6 is 0 Å². The van der Waals surface area contributed by atoms with Gasteiger partial charge in [0.25, 0.3) is 0 Å². The van der Waals surface area contributed by atoms with Gasteiger partial charge in [0.2, 0.25) is 45.7 Å². The number of urea groups is 3. The maximum absolute atomic E-state index is 12.3. The molecule has 6 bridgehead atoms. The second-order valence-corrected chi connectivity index (χ2v) is 27.8. The lowest BCUT2D eigenvalue weighted by atomic mass is 10.0. The standard InChI is InChI=1S/C16H36N.C13H18N4O6S.C13H18N4O3.C12H17N5O6S/c1-5-9-13-17(14-10-6-2,15-11-7-3)16-12-8-4;1-13(4-5-13)6-10-14-15-11(22-10)9-3-2-8-7-16(9)12(18)17(8)23-24(19,20)21;1-13(4-5-13)6-10-14-15-11(20-10)9-3-2-8-7-16(9)12(18)17(8)19;13-12(3-4-12)5-9-14-15-10(22-9)8-2-1-7-6-16(8)11(18)17(7)23-24(19,20)21/h5-16H2,1-4H3;8-9H,2-7H2,1H3,(H,19,20,21);8-9,19H,2-7H2,1H3;7-8H,1-6,13H2,(H,19,20,21)/q+1;;;/p-1/t;2*8-,9+;7-,8+/m.111/s1. The summed E-state index contributed by atoms with van der Waals surface area (Å²) in [5.41, 5.74) is 6.33. The van der Waals surface area contributed by atoms with Crippen molar-refractivity contribution in [2.45, 2.75) is 231 Å². The summed E-state index contributed by atoms with van der Waals surface area (Å²) in [6.07, 6.45) is 23.2. The number of unbranched alkanes of at least 4 members (excludes halogenated alkanes) is 4. The molecule has 31 heteroatoms. The molecule has 0 spiro atoms. The Morgan fingerprint density at radius 1 is 0.553 bits per heavy atom. The number of hydrogen-bond donors (Lipinski definition) is 3. The van der Waals surface area contributed by atoms with Crippen molar-refractivity contribution in [3.8, 4) is 0 Å². The first-order valence-electron chi connectivity index (χ1n) is 30.7. The molecule has 29 nitrogen and oxygen atoms in total. The molecule has 3 aromatic rings. The third-order valence-corrected chi connectivity index (χ3v) is 19.0. The number of hydroxylamine groups is 6. The first kappa shape index (κ1) is 64.3. The SMILES string of the molecule is CC1(Cc2nnc([C@@H]3CC[C@@H]4CN3C(=O)N4O)o2)CC1.CC1(Cc2nnc([C@@H]3CC[C@@H]4CN3C(=O)N4OS(=O)(=O)[O-])o2)CC1.CCCC[N+](CCCC)(CCCC)CCCC.NC1(Cc2nnc([C@@H]3CC[C@@H]4CN3C(=O)N4OS(=O)(=O)O)o2)CC1. The van der Waals surface area contributed by atoms with Crippen LogP contribution in [-0.2, 0) is 48.6 Å². The Morgan fingerprint density at radius 3 is 1.26 bits per heavy atom. The molecule has 0 aromatic carbocycles. The zero-order valence-corrected chi connectivity index (χ0v) is 51.7. The van der Waals surface area contributed by atoms with Gasteiger partial charge in [-0.25, -0.2) is 27.9 Å². The van der Waals surface area contributed by atoms with Gasteiger partial charge in [-0.3, -0.25) is 9.76 Å². The van der Waals surface area contributed by atoms with Crippen LogP contribution in [0.5, 0.6) is 0 Å². The summed E-state index contributed by atoms with van der Waals surface area (Å²) in [4.78, 5) is 41.0. The number of piperidine rings is 3. The van der Waals surface area contributed by atoms with E-state index in [1.54, 1.807) is 4.90 Å². The van der Waals surface area contributed by atoms with Gasteiger partial charge < -0.3 is 42.7 Å². The molecule has 6 aliphatic heterocycles. The minimum atomic E-state index is -4.99. The van der Waals surface area contributed by atoms with E-state index in [-0.39, 0.29) is 42.2 Å². The summed E-state index contributed by atoms with van der Waals surface area (Å²) in [7, 11) is -9.75. The topological polar surface area (TPSA) is 364 Å². The van der Waals surface area contributed by atoms with Gasteiger partial charge in [0.15, 0.2) is 0 Å². The Morgan fingerprint density at radius 2 is 0.906 bits per heavy atom. The largest absolute Gasteiger partial charge is 0.724 e. The molecule has 85 heavy (non-hydrogen) atoms. The number of amides is 6. The quantitative estimate of drug-likeness (QED) is 0.0325. The van der Waals surface area contributed by atoms with Crippen molar-refractivity contribution in [1.82, 2.24) is 60.5 Å². The lowest BCUT2D eigenvalue weighted by Crippen LogP contribution is -2.50. The molecular formula is C54H88N14O15S2. The molecule has 6 saturated heterocycles. The normalized spacial score (nSPS) is 25.8. The fourth-order valence-corrected chi connectivity index (χ4v) is 13.1.